The number of thioether (sulfide) groups is 1. The average molecular weight is 267 g/mol. The Balaban J connectivity index is 1.52. The molecule has 1 saturated carbocycles. The second-order valence-corrected chi connectivity index (χ2v) is 6.56. The van der Waals surface area contributed by atoms with Crippen LogP contribution in [0.1, 0.15) is 62.7 Å². The van der Waals surface area contributed by atoms with Gasteiger partial charge in [0.1, 0.15) is 0 Å². The molecule has 0 unspecified atom stereocenters. The predicted molar refractivity (Wildman–Crippen MR) is 72.4 cm³/mol. The van der Waals surface area contributed by atoms with E-state index < -0.39 is 0 Å². The number of rotatable bonds is 4. The zero-order valence-corrected chi connectivity index (χ0v) is 11.5. The Morgan fingerprint density at radius 1 is 1.17 bits per heavy atom. The van der Waals surface area contributed by atoms with Gasteiger partial charge in [-0.2, -0.15) is 16.7 Å². The Kier molecular flexibility index (Phi) is 4.20. The smallest absolute Gasteiger partial charge is 0.243 e. The van der Waals surface area contributed by atoms with Gasteiger partial charge >= 0.3 is 0 Å². The maximum atomic E-state index is 5.38. The summed E-state index contributed by atoms with van der Waals surface area (Å²) in [5.74, 6) is 2.56. The molecule has 1 aliphatic carbocycles. The highest BCUT2D eigenvalue weighted by atomic mass is 32.2. The Morgan fingerprint density at radius 3 is 2.78 bits per heavy atom. The van der Waals surface area contributed by atoms with Crippen molar-refractivity contribution in [1.82, 2.24) is 15.5 Å². The van der Waals surface area contributed by atoms with Gasteiger partial charge in [-0.1, -0.05) is 24.4 Å². The Bertz CT molecular complexity index is 370. The van der Waals surface area contributed by atoms with Crippen LogP contribution in [0.2, 0.25) is 0 Å². The van der Waals surface area contributed by atoms with Crippen LogP contribution in [0, 0.1) is 0 Å². The molecule has 2 fully saturated rings. The minimum Gasteiger partial charge on any atom is -0.338 e. The maximum absolute atomic E-state index is 5.38. The van der Waals surface area contributed by atoms with Crippen molar-refractivity contribution in [2.75, 3.05) is 6.54 Å². The second kappa shape index (κ2) is 6.06. The van der Waals surface area contributed by atoms with Crippen LogP contribution in [0.25, 0.3) is 0 Å². The average Bonchev–Trinajstić information content (AvgIpc) is 3.09. The summed E-state index contributed by atoms with van der Waals surface area (Å²) < 4.78 is 5.38. The van der Waals surface area contributed by atoms with Gasteiger partial charge in [-0.05, 0) is 32.2 Å². The standard InChI is InChI=1S/C13H21N3OS/c1-2-6-10(5-1)18-9-12-15-13(17-16-12)11-7-3-4-8-14-11/h10-11,14H,1-9H2/t11-/m1/s1. The first-order chi connectivity index (χ1) is 8.92. The third-order valence-electron chi connectivity index (χ3n) is 3.84. The van der Waals surface area contributed by atoms with Crippen molar-refractivity contribution in [3.05, 3.63) is 11.7 Å². The Morgan fingerprint density at radius 2 is 2.00 bits per heavy atom. The molecule has 0 bridgehead atoms. The lowest BCUT2D eigenvalue weighted by Gasteiger charge is -2.19. The Labute approximate surface area is 112 Å². The monoisotopic (exact) mass is 267 g/mol. The van der Waals surface area contributed by atoms with E-state index >= 15 is 0 Å². The second-order valence-electron chi connectivity index (χ2n) is 5.27. The molecular weight excluding hydrogens is 246 g/mol. The summed E-state index contributed by atoms with van der Waals surface area (Å²) in [6.07, 6.45) is 9.14. The first kappa shape index (κ1) is 12.5. The lowest BCUT2D eigenvalue weighted by Crippen LogP contribution is -2.26. The molecule has 2 heterocycles. The number of nitrogens with zero attached hydrogens (tertiary/aromatic N) is 2. The molecule has 1 saturated heterocycles. The molecule has 0 spiro atoms. The molecule has 18 heavy (non-hydrogen) atoms. The van der Waals surface area contributed by atoms with E-state index in [9.17, 15) is 0 Å². The zero-order valence-electron chi connectivity index (χ0n) is 10.7. The van der Waals surface area contributed by atoms with Gasteiger partial charge in [0.05, 0.1) is 11.8 Å². The molecule has 1 aliphatic heterocycles. The molecule has 1 aromatic rings. The van der Waals surface area contributed by atoms with Crippen molar-refractivity contribution < 1.29 is 4.52 Å². The van der Waals surface area contributed by atoms with E-state index in [1.54, 1.807) is 0 Å². The molecule has 1 N–H and O–H groups in total. The fourth-order valence-corrected chi connectivity index (χ4v) is 3.95. The number of nitrogens with one attached hydrogen (secondary N) is 1. The summed E-state index contributed by atoms with van der Waals surface area (Å²) in [6.45, 7) is 1.07. The number of aromatic nitrogens is 2. The fourth-order valence-electron chi connectivity index (χ4n) is 2.78. The SMILES string of the molecule is C1CC[C@H](c2nc(CSC3CCCC3)no2)NC1. The van der Waals surface area contributed by atoms with Gasteiger partial charge in [-0.3, -0.25) is 0 Å². The van der Waals surface area contributed by atoms with Crippen molar-refractivity contribution in [2.24, 2.45) is 0 Å². The fraction of sp³-hybridized carbons (Fsp3) is 0.846. The lowest BCUT2D eigenvalue weighted by atomic mass is 10.1. The molecular formula is C13H21N3OS. The van der Waals surface area contributed by atoms with Crippen molar-refractivity contribution in [3.8, 4) is 0 Å². The lowest BCUT2D eigenvalue weighted by molar-refractivity contribution is 0.296. The first-order valence-corrected chi connectivity index (χ1v) is 8.14. The van der Waals surface area contributed by atoms with Crippen molar-refractivity contribution in [3.63, 3.8) is 0 Å². The van der Waals surface area contributed by atoms with Gasteiger partial charge in [0.2, 0.25) is 5.89 Å². The van der Waals surface area contributed by atoms with Gasteiger partial charge in [-0.25, -0.2) is 0 Å². The Hall–Kier alpha value is -0.550. The van der Waals surface area contributed by atoms with Crippen molar-refractivity contribution in [1.29, 1.82) is 0 Å². The van der Waals surface area contributed by atoms with E-state index in [2.05, 4.69) is 15.5 Å². The van der Waals surface area contributed by atoms with E-state index in [0.717, 1.165) is 35.7 Å². The number of hydrogen-bond acceptors (Lipinski definition) is 5. The quantitative estimate of drug-likeness (QED) is 0.908. The summed E-state index contributed by atoms with van der Waals surface area (Å²) in [6, 6.07) is 0.288. The molecule has 1 aromatic heterocycles. The van der Waals surface area contributed by atoms with Gasteiger partial charge in [0.25, 0.3) is 0 Å². The van der Waals surface area contributed by atoms with Gasteiger partial charge < -0.3 is 9.84 Å². The van der Waals surface area contributed by atoms with Crippen LogP contribution in [0.15, 0.2) is 4.52 Å². The van der Waals surface area contributed by atoms with Crippen LogP contribution >= 0.6 is 11.8 Å². The first-order valence-electron chi connectivity index (χ1n) is 7.09. The molecule has 0 amide bonds. The summed E-state index contributed by atoms with van der Waals surface area (Å²) in [5.41, 5.74) is 0. The van der Waals surface area contributed by atoms with E-state index in [0.29, 0.717) is 0 Å². The molecule has 0 radical (unpaired) electrons. The van der Waals surface area contributed by atoms with Crippen molar-refractivity contribution >= 4 is 11.8 Å². The molecule has 2 aliphatic rings. The maximum Gasteiger partial charge on any atom is 0.243 e. The van der Waals surface area contributed by atoms with E-state index in [-0.39, 0.29) is 6.04 Å². The van der Waals surface area contributed by atoms with Crippen LogP contribution in [-0.2, 0) is 5.75 Å². The van der Waals surface area contributed by atoms with Crippen LogP contribution in [0.3, 0.4) is 0 Å². The van der Waals surface area contributed by atoms with Gasteiger partial charge in [0.15, 0.2) is 5.82 Å². The minimum atomic E-state index is 0.288. The summed E-state index contributed by atoms with van der Waals surface area (Å²) in [7, 11) is 0. The number of hydrogen-bond donors (Lipinski definition) is 1. The molecule has 4 nitrogen and oxygen atoms in total. The highest BCUT2D eigenvalue weighted by Gasteiger charge is 2.21. The highest BCUT2D eigenvalue weighted by molar-refractivity contribution is 7.99. The summed E-state index contributed by atoms with van der Waals surface area (Å²) in [5, 5.41) is 8.37. The third kappa shape index (κ3) is 3.06. The zero-order chi connectivity index (χ0) is 12.2. The van der Waals surface area contributed by atoms with Crippen LogP contribution in [-0.4, -0.2) is 21.9 Å². The largest absolute Gasteiger partial charge is 0.338 e. The number of piperidine rings is 1. The predicted octanol–water partition coefficient (Wildman–Crippen LogP) is 3.06. The molecule has 0 aromatic carbocycles. The molecule has 1 atom stereocenters. The van der Waals surface area contributed by atoms with Gasteiger partial charge in [-0.15, -0.1) is 0 Å². The van der Waals surface area contributed by atoms with Crippen LogP contribution in [0.5, 0.6) is 0 Å². The molecule has 100 valence electrons. The topological polar surface area (TPSA) is 51.0 Å². The van der Waals surface area contributed by atoms with E-state index in [1.165, 1.54) is 38.5 Å². The summed E-state index contributed by atoms with van der Waals surface area (Å²) >= 11 is 1.99. The normalized spacial score (nSPS) is 25.7. The minimum absolute atomic E-state index is 0.288. The third-order valence-corrected chi connectivity index (χ3v) is 5.21. The molecule has 3 rings (SSSR count). The van der Waals surface area contributed by atoms with E-state index in [4.69, 9.17) is 4.52 Å². The molecule has 5 heteroatoms. The summed E-state index contributed by atoms with van der Waals surface area (Å²) in [4.78, 5) is 4.53. The van der Waals surface area contributed by atoms with Crippen LogP contribution < -0.4 is 5.32 Å². The van der Waals surface area contributed by atoms with Gasteiger partial charge in [0, 0.05) is 5.25 Å². The highest BCUT2D eigenvalue weighted by Crippen LogP contribution is 2.31. The van der Waals surface area contributed by atoms with Crippen molar-refractivity contribution in [2.45, 2.75) is 62.0 Å². The van der Waals surface area contributed by atoms with Crippen LogP contribution in [0.4, 0.5) is 0 Å². The van der Waals surface area contributed by atoms with E-state index in [1.807, 2.05) is 11.8 Å².